The number of hydrogen-bond acceptors (Lipinski definition) is 3. The Morgan fingerprint density at radius 2 is 1.67 bits per heavy atom. The molecule has 3 rings (SSSR count). The zero-order valence-electron chi connectivity index (χ0n) is 11.2. The maximum Gasteiger partial charge on any atom is 0.236 e. The number of fused-ring (bicyclic) bond motifs is 2. The van der Waals surface area contributed by atoms with Crippen LogP contribution in [0.3, 0.4) is 0 Å². The minimum atomic E-state index is 0.349. The molecule has 0 aromatic rings. The zero-order chi connectivity index (χ0) is 12.5. The summed E-state index contributed by atoms with van der Waals surface area (Å²) >= 11 is 0. The summed E-state index contributed by atoms with van der Waals surface area (Å²) in [5, 5.41) is 0. The third-order valence-corrected chi connectivity index (χ3v) is 4.95. The topological polar surface area (TPSA) is 49.6 Å². The van der Waals surface area contributed by atoms with Gasteiger partial charge in [-0.1, -0.05) is 0 Å². The van der Waals surface area contributed by atoms with E-state index in [4.69, 9.17) is 5.73 Å². The van der Waals surface area contributed by atoms with Gasteiger partial charge < -0.3 is 10.6 Å². The molecule has 102 valence electrons. The fraction of sp³-hybridized carbons (Fsp3) is 0.929. The Hall–Kier alpha value is -0.610. The van der Waals surface area contributed by atoms with Crippen LogP contribution >= 0.6 is 0 Å². The number of nitrogens with zero attached hydrogens (tertiary/aromatic N) is 2. The quantitative estimate of drug-likeness (QED) is 0.795. The summed E-state index contributed by atoms with van der Waals surface area (Å²) in [6.45, 7) is 2.59. The third-order valence-electron chi connectivity index (χ3n) is 4.95. The number of nitrogens with two attached hydrogens (primary N) is 1. The molecule has 3 aliphatic heterocycles. The molecule has 0 saturated carbocycles. The molecule has 0 aliphatic carbocycles. The van der Waals surface area contributed by atoms with Crippen molar-refractivity contribution in [3.63, 3.8) is 0 Å². The molecule has 2 unspecified atom stereocenters. The average Bonchev–Trinajstić information content (AvgIpc) is 2.62. The Bertz CT molecular complexity index is 300. The van der Waals surface area contributed by atoms with Gasteiger partial charge in [0, 0.05) is 31.2 Å². The highest BCUT2D eigenvalue weighted by molar-refractivity contribution is 5.78. The molecule has 0 spiro atoms. The summed E-state index contributed by atoms with van der Waals surface area (Å²) in [6.07, 6.45) is 8.31. The molecule has 0 aromatic carbocycles. The maximum atomic E-state index is 12.3. The van der Waals surface area contributed by atoms with Crippen LogP contribution in [-0.2, 0) is 4.79 Å². The first-order chi connectivity index (χ1) is 8.74. The molecular formula is C14H25N3O. The highest BCUT2D eigenvalue weighted by Crippen LogP contribution is 2.34. The largest absolute Gasteiger partial charge is 0.342 e. The van der Waals surface area contributed by atoms with E-state index in [9.17, 15) is 4.79 Å². The molecule has 4 heteroatoms. The summed E-state index contributed by atoms with van der Waals surface area (Å²) in [5.41, 5.74) is 6.07. The van der Waals surface area contributed by atoms with Crippen LogP contribution in [0, 0.1) is 0 Å². The van der Waals surface area contributed by atoms with Gasteiger partial charge >= 0.3 is 0 Å². The molecule has 2 atom stereocenters. The van der Waals surface area contributed by atoms with Crippen molar-refractivity contribution in [3.8, 4) is 0 Å². The van der Waals surface area contributed by atoms with Crippen LogP contribution in [0.15, 0.2) is 0 Å². The summed E-state index contributed by atoms with van der Waals surface area (Å²) in [5.74, 6) is 0.349. The highest BCUT2D eigenvalue weighted by atomic mass is 16.2. The van der Waals surface area contributed by atoms with Crippen molar-refractivity contribution in [2.45, 2.75) is 63.1 Å². The number of piperidine rings is 2. The van der Waals surface area contributed by atoms with Crippen LogP contribution in [-0.4, -0.2) is 53.5 Å². The van der Waals surface area contributed by atoms with Crippen LogP contribution in [0.1, 0.15) is 44.9 Å². The van der Waals surface area contributed by atoms with Gasteiger partial charge in [-0.25, -0.2) is 0 Å². The van der Waals surface area contributed by atoms with Crippen LogP contribution in [0.5, 0.6) is 0 Å². The molecule has 4 nitrogen and oxygen atoms in total. The maximum absolute atomic E-state index is 12.3. The van der Waals surface area contributed by atoms with Gasteiger partial charge in [0.15, 0.2) is 0 Å². The van der Waals surface area contributed by atoms with E-state index in [-0.39, 0.29) is 0 Å². The first-order valence-electron chi connectivity index (χ1n) is 7.53. The van der Waals surface area contributed by atoms with Crippen LogP contribution in [0.25, 0.3) is 0 Å². The molecule has 0 aromatic heterocycles. The number of hydrogen-bond donors (Lipinski definition) is 1. The average molecular weight is 251 g/mol. The molecule has 2 bridgehead atoms. The minimum absolute atomic E-state index is 0.349. The van der Waals surface area contributed by atoms with Gasteiger partial charge in [-0.05, 0) is 44.9 Å². The fourth-order valence-electron chi connectivity index (χ4n) is 3.97. The zero-order valence-corrected chi connectivity index (χ0v) is 11.2. The number of amides is 1. The van der Waals surface area contributed by atoms with E-state index in [0.717, 1.165) is 25.9 Å². The Labute approximate surface area is 109 Å². The van der Waals surface area contributed by atoms with Crippen LogP contribution < -0.4 is 5.73 Å². The number of carbonyl (C=O) groups is 1. The summed E-state index contributed by atoms with van der Waals surface area (Å²) < 4.78 is 0. The summed E-state index contributed by atoms with van der Waals surface area (Å²) in [4.78, 5) is 16.8. The van der Waals surface area contributed by atoms with Gasteiger partial charge in [0.25, 0.3) is 0 Å². The highest BCUT2D eigenvalue weighted by Gasteiger charge is 2.40. The monoisotopic (exact) mass is 251 g/mol. The lowest BCUT2D eigenvalue weighted by atomic mass is 9.98. The number of carbonyl (C=O) groups excluding carboxylic acids is 1. The molecule has 3 saturated heterocycles. The first-order valence-corrected chi connectivity index (χ1v) is 7.53. The predicted molar refractivity (Wildman–Crippen MR) is 71.2 cm³/mol. The molecule has 0 radical (unpaired) electrons. The van der Waals surface area contributed by atoms with E-state index in [1.807, 2.05) is 0 Å². The van der Waals surface area contributed by atoms with Gasteiger partial charge in [0.2, 0.25) is 5.91 Å². The van der Waals surface area contributed by atoms with E-state index >= 15 is 0 Å². The second-order valence-corrected chi connectivity index (χ2v) is 6.23. The van der Waals surface area contributed by atoms with E-state index < -0.39 is 0 Å². The lowest BCUT2D eigenvalue weighted by Gasteiger charge is -2.38. The van der Waals surface area contributed by atoms with Crippen molar-refractivity contribution in [3.05, 3.63) is 0 Å². The Morgan fingerprint density at radius 1 is 1.06 bits per heavy atom. The number of rotatable bonds is 2. The van der Waals surface area contributed by atoms with Crippen molar-refractivity contribution in [2.75, 3.05) is 19.6 Å². The van der Waals surface area contributed by atoms with Crippen LogP contribution in [0.2, 0.25) is 0 Å². The first kappa shape index (κ1) is 12.4. The van der Waals surface area contributed by atoms with Crippen molar-refractivity contribution in [2.24, 2.45) is 5.73 Å². The molecule has 3 aliphatic rings. The Balaban J connectivity index is 1.58. The molecule has 3 heterocycles. The minimum Gasteiger partial charge on any atom is -0.342 e. The standard InChI is InChI=1S/C14H25N3O/c15-11-8-12-4-5-13(9-11)17(12)10-14(18)16-6-2-1-3-7-16/h11-13H,1-10,15H2. The third kappa shape index (κ3) is 2.41. The number of likely N-dealkylation sites (tertiary alicyclic amines) is 1. The van der Waals surface area contributed by atoms with E-state index in [1.54, 1.807) is 0 Å². The van der Waals surface area contributed by atoms with Gasteiger partial charge in [0.05, 0.1) is 6.54 Å². The van der Waals surface area contributed by atoms with Gasteiger partial charge in [-0.2, -0.15) is 0 Å². The lowest BCUT2D eigenvalue weighted by molar-refractivity contribution is -0.134. The van der Waals surface area contributed by atoms with E-state index in [1.165, 1.54) is 32.1 Å². The second kappa shape index (κ2) is 5.17. The van der Waals surface area contributed by atoms with Crippen molar-refractivity contribution in [1.82, 2.24) is 9.80 Å². The molecule has 18 heavy (non-hydrogen) atoms. The fourth-order valence-corrected chi connectivity index (χ4v) is 3.97. The van der Waals surface area contributed by atoms with Gasteiger partial charge in [-0.3, -0.25) is 9.69 Å². The van der Waals surface area contributed by atoms with Crippen LogP contribution in [0.4, 0.5) is 0 Å². The smallest absolute Gasteiger partial charge is 0.236 e. The molecular weight excluding hydrogens is 226 g/mol. The van der Waals surface area contributed by atoms with Gasteiger partial charge in [-0.15, -0.1) is 0 Å². The SMILES string of the molecule is NC1CC2CCC(C1)N2CC(=O)N1CCCCC1. The Kier molecular flexibility index (Phi) is 3.57. The summed E-state index contributed by atoms with van der Waals surface area (Å²) in [7, 11) is 0. The van der Waals surface area contributed by atoms with Crippen molar-refractivity contribution < 1.29 is 4.79 Å². The van der Waals surface area contributed by atoms with Crippen molar-refractivity contribution in [1.29, 1.82) is 0 Å². The molecule has 1 amide bonds. The van der Waals surface area contributed by atoms with E-state index in [0.29, 0.717) is 30.6 Å². The molecule has 2 N–H and O–H groups in total. The predicted octanol–water partition coefficient (Wildman–Crippen LogP) is 0.953. The van der Waals surface area contributed by atoms with Gasteiger partial charge in [0.1, 0.15) is 0 Å². The molecule has 3 fully saturated rings. The Morgan fingerprint density at radius 3 is 2.28 bits per heavy atom. The second-order valence-electron chi connectivity index (χ2n) is 6.23. The lowest BCUT2D eigenvalue weighted by Crippen LogP contribution is -2.52. The van der Waals surface area contributed by atoms with E-state index in [2.05, 4.69) is 9.80 Å². The van der Waals surface area contributed by atoms with Crippen molar-refractivity contribution >= 4 is 5.91 Å². The summed E-state index contributed by atoms with van der Waals surface area (Å²) in [6, 6.07) is 1.52. The normalized spacial score (nSPS) is 36.9.